The van der Waals surface area contributed by atoms with Crippen molar-refractivity contribution in [3.05, 3.63) is 90.5 Å². The Bertz CT molecular complexity index is 1320. The van der Waals surface area contributed by atoms with Crippen LogP contribution in [0.15, 0.2) is 89.8 Å². The molecule has 9 heteroatoms. The van der Waals surface area contributed by atoms with Gasteiger partial charge in [0.1, 0.15) is 18.3 Å². The molecule has 1 atom stereocenters. The summed E-state index contributed by atoms with van der Waals surface area (Å²) >= 11 is 0. The van der Waals surface area contributed by atoms with Gasteiger partial charge in [0.2, 0.25) is 11.8 Å². The van der Waals surface area contributed by atoms with Gasteiger partial charge < -0.3 is 15.0 Å². The number of carbonyl (C=O) groups excluding carboxylic acids is 2. The van der Waals surface area contributed by atoms with Crippen LogP contribution in [0.5, 0.6) is 5.75 Å². The van der Waals surface area contributed by atoms with E-state index >= 15 is 0 Å². The molecule has 0 aliphatic heterocycles. The molecule has 3 rings (SSSR count). The Hall–Kier alpha value is -3.85. The molecule has 0 aliphatic carbocycles. The molecule has 214 valence electrons. The van der Waals surface area contributed by atoms with E-state index in [0.717, 1.165) is 22.7 Å². The quantitative estimate of drug-likeness (QED) is 0.271. The number of nitrogens with zero attached hydrogens (tertiary/aromatic N) is 2. The van der Waals surface area contributed by atoms with Gasteiger partial charge in [0.05, 0.1) is 17.2 Å². The van der Waals surface area contributed by atoms with Gasteiger partial charge in [0.15, 0.2) is 0 Å². The summed E-state index contributed by atoms with van der Waals surface area (Å²) in [4.78, 5) is 28.4. The summed E-state index contributed by atoms with van der Waals surface area (Å²) in [6.07, 6.45) is 2.28. The number of carbonyl (C=O) groups is 2. The number of rotatable bonds is 15. The van der Waals surface area contributed by atoms with Crippen LogP contribution in [0.1, 0.15) is 39.2 Å². The van der Waals surface area contributed by atoms with Crippen molar-refractivity contribution in [2.24, 2.45) is 0 Å². The Morgan fingerprint density at radius 1 is 0.900 bits per heavy atom. The highest BCUT2D eigenvalue weighted by Gasteiger charge is 2.32. The van der Waals surface area contributed by atoms with E-state index < -0.39 is 28.5 Å². The smallest absolute Gasteiger partial charge is 0.264 e. The predicted octanol–water partition coefficient (Wildman–Crippen LogP) is 4.66. The molecule has 0 saturated carbocycles. The molecule has 8 nitrogen and oxygen atoms in total. The summed E-state index contributed by atoms with van der Waals surface area (Å²) in [5.74, 6) is -0.146. The molecule has 40 heavy (non-hydrogen) atoms. The lowest BCUT2D eigenvalue weighted by Gasteiger charge is -2.32. The van der Waals surface area contributed by atoms with Gasteiger partial charge >= 0.3 is 0 Å². The van der Waals surface area contributed by atoms with Gasteiger partial charge in [-0.1, -0.05) is 61.9 Å². The van der Waals surface area contributed by atoms with Crippen molar-refractivity contribution in [1.82, 2.24) is 10.2 Å². The first-order valence-electron chi connectivity index (χ1n) is 13.7. The van der Waals surface area contributed by atoms with E-state index in [1.54, 1.807) is 49.4 Å². The number of benzene rings is 3. The van der Waals surface area contributed by atoms with Crippen LogP contribution in [0.25, 0.3) is 0 Å². The second-order valence-electron chi connectivity index (χ2n) is 9.39. The largest absolute Gasteiger partial charge is 0.494 e. The summed E-state index contributed by atoms with van der Waals surface area (Å²) in [6, 6.07) is 23.5. The molecule has 3 aromatic rings. The zero-order valence-corrected chi connectivity index (χ0v) is 24.3. The van der Waals surface area contributed by atoms with Crippen molar-refractivity contribution in [3.63, 3.8) is 0 Å². The first-order chi connectivity index (χ1) is 19.3. The maximum atomic E-state index is 13.9. The van der Waals surface area contributed by atoms with Crippen LogP contribution < -0.4 is 14.4 Å². The summed E-state index contributed by atoms with van der Waals surface area (Å²) in [5, 5.41) is 2.90. The fourth-order valence-electron chi connectivity index (χ4n) is 4.23. The van der Waals surface area contributed by atoms with E-state index in [9.17, 15) is 18.0 Å². The van der Waals surface area contributed by atoms with Gasteiger partial charge in [-0.25, -0.2) is 8.42 Å². The third-order valence-corrected chi connectivity index (χ3v) is 8.31. The molecule has 0 bridgehead atoms. The van der Waals surface area contributed by atoms with Crippen molar-refractivity contribution < 1.29 is 22.7 Å². The highest BCUT2D eigenvalue weighted by molar-refractivity contribution is 7.92. The van der Waals surface area contributed by atoms with Crippen LogP contribution in [-0.4, -0.2) is 57.4 Å². The van der Waals surface area contributed by atoms with Crippen LogP contribution >= 0.6 is 0 Å². The van der Waals surface area contributed by atoms with Crippen molar-refractivity contribution in [2.45, 2.75) is 51.0 Å². The van der Waals surface area contributed by atoms with Crippen LogP contribution in [0.3, 0.4) is 0 Å². The summed E-state index contributed by atoms with van der Waals surface area (Å²) < 4.78 is 34.2. The maximum Gasteiger partial charge on any atom is 0.264 e. The minimum absolute atomic E-state index is 0.0675. The molecule has 0 spiro atoms. The highest BCUT2D eigenvalue weighted by atomic mass is 32.2. The average Bonchev–Trinajstić information content (AvgIpc) is 2.97. The maximum absolute atomic E-state index is 13.9. The van der Waals surface area contributed by atoms with E-state index in [-0.39, 0.29) is 17.3 Å². The van der Waals surface area contributed by atoms with Crippen molar-refractivity contribution in [3.8, 4) is 5.75 Å². The summed E-state index contributed by atoms with van der Waals surface area (Å²) in [6.45, 7) is 6.35. The lowest BCUT2D eigenvalue weighted by Crippen LogP contribution is -2.52. The van der Waals surface area contributed by atoms with E-state index in [4.69, 9.17) is 4.74 Å². The monoisotopic (exact) mass is 565 g/mol. The first-order valence-corrected chi connectivity index (χ1v) is 15.1. The van der Waals surface area contributed by atoms with Gasteiger partial charge in [-0.3, -0.25) is 13.9 Å². The molecule has 0 unspecified atom stereocenters. The Balaban J connectivity index is 1.94. The van der Waals surface area contributed by atoms with Crippen LogP contribution in [-0.2, 0) is 26.0 Å². The minimum atomic E-state index is -4.09. The highest BCUT2D eigenvalue weighted by Crippen LogP contribution is 2.26. The molecule has 0 saturated heterocycles. The van der Waals surface area contributed by atoms with Gasteiger partial charge in [-0.05, 0) is 68.7 Å². The fourth-order valence-corrected chi connectivity index (χ4v) is 5.67. The van der Waals surface area contributed by atoms with Gasteiger partial charge in [-0.2, -0.15) is 0 Å². The SMILES string of the molecule is CCCCNC(=O)[C@@H](C)N(CCc1ccccc1)C(=O)CN(c1ccc(OCC)cc1)S(=O)(=O)c1ccccc1. The zero-order valence-electron chi connectivity index (χ0n) is 23.5. The fraction of sp³-hybridized carbons (Fsp3) is 0.355. The Kier molecular flexibility index (Phi) is 11.6. The van der Waals surface area contributed by atoms with E-state index in [1.165, 1.54) is 17.0 Å². The van der Waals surface area contributed by atoms with Gasteiger partial charge in [0, 0.05) is 13.1 Å². The summed E-state index contributed by atoms with van der Waals surface area (Å²) in [5.41, 5.74) is 1.34. The third kappa shape index (κ3) is 8.32. The Labute approximate surface area is 238 Å². The number of nitrogens with one attached hydrogen (secondary N) is 1. The second kappa shape index (κ2) is 15.1. The molecule has 3 aromatic carbocycles. The lowest BCUT2D eigenvalue weighted by atomic mass is 10.1. The number of unbranched alkanes of at least 4 members (excludes halogenated alkanes) is 1. The first kappa shape index (κ1) is 30.7. The van der Waals surface area contributed by atoms with Crippen molar-refractivity contribution in [2.75, 3.05) is 30.5 Å². The molecule has 0 aromatic heterocycles. The Morgan fingerprint density at radius 3 is 2.12 bits per heavy atom. The standard InChI is InChI=1S/C31H39N3O5S/c1-4-6-22-32-31(36)25(3)33(23-21-26-13-9-7-10-14-26)30(35)24-34(27-17-19-28(20-18-27)39-5-2)40(37,38)29-15-11-8-12-16-29/h7-20,25H,4-6,21-24H2,1-3H3,(H,32,36)/t25-/m1/s1. The predicted molar refractivity (Wildman–Crippen MR) is 158 cm³/mol. The number of hydrogen-bond acceptors (Lipinski definition) is 5. The molecule has 0 radical (unpaired) electrons. The zero-order chi connectivity index (χ0) is 29.0. The van der Waals surface area contributed by atoms with Crippen LogP contribution in [0, 0.1) is 0 Å². The lowest BCUT2D eigenvalue weighted by molar-refractivity contribution is -0.138. The normalized spacial score (nSPS) is 11.9. The number of amides is 2. The Morgan fingerprint density at radius 2 is 1.52 bits per heavy atom. The molecular formula is C31H39N3O5S. The van der Waals surface area contributed by atoms with Gasteiger partial charge in [-0.15, -0.1) is 0 Å². The molecule has 2 amide bonds. The molecule has 0 aliphatic rings. The van der Waals surface area contributed by atoms with E-state index in [2.05, 4.69) is 5.32 Å². The number of ether oxygens (including phenoxy) is 1. The topological polar surface area (TPSA) is 96.0 Å². The van der Waals surface area contributed by atoms with Crippen molar-refractivity contribution in [1.29, 1.82) is 0 Å². The third-order valence-electron chi connectivity index (χ3n) is 6.53. The second-order valence-corrected chi connectivity index (χ2v) is 11.3. The average molecular weight is 566 g/mol. The number of sulfonamides is 1. The summed E-state index contributed by atoms with van der Waals surface area (Å²) in [7, 11) is -4.09. The molecule has 1 N–H and O–H groups in total. The van der Waals surface area contributed by atoms with Gasteiger partial charge in [0.25, 0.3) is 10.0 Å². The molecule has 0 heterocycles. The van der Waals surface area contributed by atoms with E-state index in [0.29, 0.717) is 31.0 Å². The van der Waals surface area contributed by atoms with Crippen LogP contribution in [0.4, 0.5) is 5.69 Å². The van der Waals surface area contributed by atoms with Crippen LogP contribution in [0.2, 0.25) is 0 Å². The molecule has 0 fully saturated rings. The number of hydrogen-bond donors (Lipinski definition) is 1. The van der Waals surface area contributed by atoms with Crippen molar-refractivity contribution >= 4 is 27.5 Å². The molecular weight excluding hydrogens is 526 g/mol. The van der Waals surface area contributed by atoms with E-state index in [1.807, 2.05) is 44.2 Å². The number of anilines is 1. The minimum Gasteiger partial charge on any atom is -0.494 e.